The van der Waals surface area contributed by atoms with Gasteiger partial charge in [0.15, 0.2) is 11.5 Å². The summed E-state index contributed by atoms with van der Waals surface area (Å²) < 4.78 is 35.9. The largest absolute Gasteiger partial charge is 0.490 e. The molecule has 0 saturated heterocycles. The summed E-state index contributed by atoms with van der Waals surface area (Å²) in [6.45, 7) is 2.69. The number of rotatable bonds is 9. The fourth-order valence-corrected chi connectivity index (χ4v) is 3.50. The molecule has 0 aliphatic rings. The second-order valence-corrected chi connectivity index (χ2v) is 8.32. The number of ether oxygens (including phenoxy) is 2. The van der Waals surface area contributed by atoms with E-state index >= 15 is 0 Å². The summed E-state index contributed by atoms with van der Waals surface area (Å²) in [6.07, 6.45) is 1.41. The van der Waals surface area contributed by atoms with Crippen LogP contribution in [-0.2, 0) is 16.6 Å². The fraction of sp³-hybridized carbons (Fsp3) is 0.136. The lowest BCUT2D eigenvalue weighted by Crippen LogP contribution is -2.18. The molecule has 0 radical (unpaired) electrons. The van der Waals surface area contributed by atoms with E-state index in [0.29, 0.717) is 35.3 Å². The quantitative estimate of drug-likeness (QED) is 0.385. The van der Waals surface area contributed by atoms with Gasteiger partial charge in [0, 0.05) is 5.02 Å². The molecule has 0 aromatic heterocycles. The van der Waals surface area contributed by atoms with E-state index in [9.17, 15) is 8.42 Å². The maximum atomic E-state index is 12.2. The van der Waals surface area contributed by atoms with Crippen molar-refractivity contribution in [2.45, 2.75) is 18.4 Å². The minimum Gasteiger partial charge on any atom is -0.490 e. The minimum atomic E-state index is -3.71. The van der Waals surface area contributed by atoms with E-state index in [4.69, 9.17) is 21.1 Å². The molecule has 0 aliphatic carbocycles. The summed E-state index contributed by atoms with van der Waals surface area (Å²) in [7, 11) is -3.71. The second kappa shape index (κ2) is 10.1. The molecule has 6 nitrogen and oxygen atoms in total. The number of benzene rings is 3. The first kappa shape index (κ1) is 21.7. The fourth-order valence-electron chi connectivity index (χ4n) is 2.56. The summed E-state index contributed by atoms with van der Waals surface area (Å²) in [5.74, 6) is 1.12. The van der Waals surface area contributed by atoms with Crippen LogP contribution in [0.25, 0.3) is 0 Å². The molecule has 8 heteroatoms. The molecular weight excluding hydrogens is 424 g/mol. The van der Waals surface area contributed by atoms with Crippen molar-refractivity contribution in [2.24, 2.45) is 5.10 Å². The molecule has 0 heterocycles. The highest BCUT2D eigenvalue weighted by Gasteiger charge is 2.11. The lowest BCUT2D eigenvalue weighted by molar-refractivity contribution is 0.269. The molecule has 30 heavy (non-hydrogen) atoms. The molecule has 0 fully saturated rings. The van der Waals surface area contributed by atoms with E-state index in [1.54, 1.807) is 48.5 Å². The molecule has 3 aromatic rings. The molecule has 156 valence electrons. The van der Waals surface area contributed by atoms with Gasteiger partial charge < -0.3 is 9.47 Å². The van der Waals surface area contributed by atoms with E-state index < -0.39 is 10.0 Å². The Labute approximate surface area is 181 Å². The Kier molecular flexibility index (Phi) is 7.32. The van der Waals surface area contributed by atoms with E-state index in [1.165, 1.54) is 18.3 Å². The van der Waals surface area contributed by atoms with Gasteiger partial charge in [-0.1, -0.05) is 41.9 Å². The normalized spacial score (nSPS) is 11.4. The summed E-state index contributed by atoms with van der Waals surface area (Å²) in [6, 6.07) is 20.7. The number of nitrogens with one attached hydrogen (secondary N) is 1. The van der Waals surface area contributed by atoms with Gasteiger partial charge in [0.25, 0.3) is 10.0 Å². The third kappa shape index (κ3) is 5.98. The van der Waals surface area contributed by atoms with Crippen LogP contribution in [0.5, 0.6) is 11.5 Å². The zero-order valence-electron chi connectivity index (χ0n) is 16.3. The molecule has 0 aliphatic heterocycles. The van der Waals surface area contributed by atoms with Crippen LogP contribution in [0.1, 0.15) is 18.1 Å². The smallest absolute Gasteiger partial charge is 0.276 e. The van der Waals surface area contributed by atoms with Gasteiger partial charge in [-0.3, -0.25) is 0 Å². The van der Waals surface area contributed by atoms with Crippen LogP contribution >= 0.6 is 11.6 Å². The van der Waals surface area contributed by atoms with Gasteiger partial charge in [0.2, 0.25) is 0 Å². The SMILES string of the molecule is CCOc1cc(/C=N/NS(=O)(=O)c2ccccc2)ccc1OCc1ccc(Cl)cc1. The monoisotopic (exact) mass is 444 g/mol. The first-order valence-corrected chi connectivity index (χ1v) is 11.1. The first-order valence-electron chi connectivity index (χ1n) is 9.22. The van der Waals surface area contributed by atoms with Gasteiger partial charge in [0.05, 0.1) is 17.7 Å². The molecule has 3 aromatic carbocycles. The lowest BCUT2D eigenvalue weighted by Gasteiger charge is -2.12. The van der Waals surface area contributed by atoms with Gasteiger partial charge in [-0.15, -0.1) is 0 Å². The molecule has 0 spiro atoms. The Bertz CT molecular complexity index is 1100. The van der Waals surface area contributed by atoms with Crippen LogP contribution in [0.15, 0.2) is 82.8 Å². The zero-order valence-corrected chi connectivity index (χ0v) is 17.9. The third-order valence-electron chi connectivity index (χ3n) is 4.02. The van der Waals surface area contributed by atoms with Gasteiger partial charge in [-0.05, 0) is 60.5 Å². The highest BCUT2D eigenvalue weighted by atomic mass is 35.5. The number of hydrogen-bond acceptors (Lipinski definition) is 5. The molecule has 0 bridgehead atoms. The number of hydrazone groups is 1. The van der Waals surface area contributed by atoms with Crippen LogP contribution in [0.4, 0.5) is 0 Å². The highest BCUT2D eigenvalue weighted by molar-refractivity contribution is 7.89. The lowest BCUT2D eigenvalue weighted by atomic mass is 10.2. The molecule has 0 unspecified atom stereocenters. The van der Waals surface area contributed by atoms with E-state index in [-0.39, 0.29) is 4.90 Å². The van der Waals surface area contributed by atoms with E-state index in [1.807, 2.05) is 19.1 Å². The van der Waals surface area contributed by atoms with Gasteiger partial charge in [-0.2, -0.15) is 13.5 Å². The van der Waals surface area contributed by atoms with Crippen molar-refractivity contribution in [2.75, 3.05) is 6.61 Å². The van der Waals surface area contributed by atoms with Crippen LogP contribution in [0.2, 0.25) is 5.02 Å². The Morgan fingerprint density at radius 1 is 0.967 bits per heavy atom. The predicted octanol–water partition coefficient (Wildman–Crippen LogP) is 4.63. The average molecular weight is 445 g/mol. The summed E-state index contributed by atoms with van der Waals surface area (Å²) >= 11 is 5.90. The second-order valence-electron chi connectivity index (χ2n) is 6.22. The van der Waals surface area contributed by atoms with E-state index in [2.05, 4.69) is 9.93 Å². The van der Waals surface area contributed by atoms with Crippen LogP contribution < -0.4 is 14.3 Å². The molecule has 3 rings (SSSR count). The van der Waals surface area contributed by atoms with Gasteiger partial charge in [-0.25, -0.2) is 4.83 Å². The highest BCUT2D eigenvalue weighted by Crippen LogP contribution is 2.29. The van der Waals surface area contributed by atoms with Crippen molar-refractivity contribution < 1.29 is 17.9 Å². The Balaban J connectivity index is 1.69. The summed E-state index contributed by atoms with van der Waals surface area (Å²) in [5, 5.41) is 4.52. The van der Waals surface area contributed by atoms with Crippen molar-refractivity contribution in [3.63, 3.8) is 0 Å². The van der Waals surface area contributed by atoms with Crippen LogP contribution in [0.3, 0.4) is 0 Å². The van der Waals surface area contributed by atoms with Gasteiger partial charge >= 0.3 is 0 Å². The predicted molar refractivity (Wildman–Crippen MR) is 118 cm³/mol. The zero-order chi connectivity index (χ0) is 21.4. The molecule has 1 N–H and O–H groups in total. The average Bonchev–Trinajstić information content (AvgIpc) is 2.75. The number of nitrogens with zero attached hydrogens (tertiary/aromatic N) is 1. The number of sulfonamides is 1. The first-order chi connectivity index (χ1) is 14.5. The Hall–Kier alpha value is -3.03. The number of halogens is 1. The third-order valence-corrected chi connectivity index (χ3v) is 5.51. The van der Waals surface area contributed by atoms with Crippen LogP contribution in [-0.4, -0.2) is 21.2 Å². The summed E-state index contributed by atoms with van der Waals surface area (Å²) in [4.78, 5) is 2.34. The van der Waals surface area contributed by atoms with Crippen molar-refractivity contribution >= 4 is 27.8 Å². The summed E-state index contributed by atoms with van der Waals surface area (Å²) in [5.41, 5.74) is 1.64. The Morgan fingerprint density at radius 3 is 2.40 bits per heavy atom. The maximum Gasteiger partial charge on any atom is 0.276 e. The van der Waals surface area contributed by atoms with Gasteiger partial charge in [0.1, 0.15) is 6.61 Å². The van der Waals surface area contributed by atoms with E-state index in [0.717, 1.165) is 5.56 Å². The van der Waals surface area contributed by atoms with Crippen molar-refractivity contribution in [3.05, 3.63) is 88.9 Å². The molecule has 0 atom stereocenters. The number of hydrogen-bond donors (Lipinski definition) is 1. The van der Waals surface area contributed by atoms with Crippen molar-refractivity contribution in [3.8, 4) is 11.5 Å². The molecular formula is C22H21ClN2O4S. The topological polar surface area (TPSA) is 77.0 Å². The van der Waals surface area contributed by atoms with Crippen molar-refractivity contribution in [1.29, 1.82) is 0 Å². The Morgan fingerprint density at radius 2 is 1.70 bits per heavy atom. The standard InChI is InChI=1S/C22H21ClN2O4S/c1-2-28-22-14-18(15-24-25-30(26,27)20-6-4-3-5-7-20)10-13-21(22)29-16-17-8-11-19(23)12-9-17/h3-15,25H,2,16H2,1H3/b24-15+. The minimum absolute atomic E-state index is 0.142. The molecule has 0 amide bonds. The maximum absolute atomic E-state index is 12.2. The van der Waals surface area contributed by atoms with Crippen molar-refractivity contribution in [1.82, 2.24) is 4.83 Å². The van der Waals surface area contributed by atoms with Crippen LogP contribution in [0, 0.1) is 0 Å². The molecule has 0 saturated carbocycles.